The molecule has 2 aromatic carbocycles. The zero-order valence-corrected chi connectivity index (χ0v) is 17.5. The van der Waals surface area contributed by atoms with E-state index in [-0.39, 0.29) is 11.9 Å². The third-order valence-electron chi connectivity index (χ3n) is 4.80. The molecule has 1 unspecified atom stereocenters. The van der Waals surface area contributed by atoms with E-state index in [1.165, 1.54) is 0 Å². The second kappa shape index (κ2) is 8.61. The first kappa shape index (κ1) is 20.0. The fourth-order valence-electron chi connectivity index (χ4n) is 3.28. The van der Waals surface area contributed by atoms with E-state index in [0.29, 0.717) is 45.6 Å². The standard InChI is InChI=1S/C20H17Cl3N4O2/c21-14-8-6-12(7-9-14)18-25-19(29-26-18)13-3-2-10-27(11-13)20(28)24-17-15(22)4-1-5-16(17)23/h1,4-9,13H,2-3,10-11H2,(H,24,28). The van der Waals surface area contributed by atoms with Crippen LogP contribution in [0.1, 0.15) is 24.7 Å². The van der Waals surface area contributed by atoms with Gasteiger partial charge in [-0.3, -0.25) is 0 Å². The van der Waals surface area contributed by atoms with Crippen molar-refractivity contribution in [3.8, 4) is 11.4 Å². The van der Waals surface area contributed by atoms with Gasteiger partial charge >= 0.3 is 6.03 Å². The fraction of sp³-hybridized carbons (Fsp3) is 0.250. The Morgan fingerprint density at radius 3 is 2.55 bits per heavy atom. The molecule has 0 spiro atoms. The summed E-state index contributed by atoms with van der Waals surface area (Å²) in [6, 6.07) is 12.1. The van der Waals surface area contributed by atoms with Crippen LogP contribution in [0.4, 0.5) is 10.5 Å². The molecule has 4 rings (SSSR count). The highest BCUT2D eigenvalue weighted by Crippen LogP contribution is 2.32. The maximum absolute atomic E-state index is 12.7. The van der Waals surface area contributed by atoms with E-state index in [2.05, 4.69) is 15.5 Å². The molecule has 1 atom stereocenters. The largest absolute Gasteiger partial charge is 0.339 e. The van der Waals surface area contributed by atoms with Crippen LogP contribution in [-0.4, -0.2) is 34.2 Å². The number of urea groups is 1. The molecule has 0 radical (unpaired) electrons. The SMILES string of the molecule is O=C(Nc1c(Cl)cccc1Cl)N1CCCC(c2nc(-c3ccc(Cl)cc3)no2)C1. The van der Waals surface area contributed by atoms with Crippen LogP contribution < -0.4 is 5.32 Å². The summed E-state index contributed by atoms with van der Waals surface area (Å²) >= 11 is 18.2. The number of hydrogen-bond donors (Lipinski definition) is 1. The quantitative estimate of drug-likeness (QED) is 0.521. The number of para-hydroxylation sites is 1. The van der Waals surface area contributed by atoms with Crippen molar-refractivity contribution in [2.45, 2.75) is 18.8 Å². The highest BCUT2D eigenvalue weighted by atomic mass is 35.5. The summed E-state index contributed by atoms with van der Waals surface area (Å²) in [4.78, 5) is 19.0. The van der Waals surface area contributed by atoms with Gasteiger partial charge in [0.15, 0.2) is 0 Å². The van der Waals surface area contributed by atoms with Crippen molar-refractivity contribution in [3.63, 3.8) is 0 Å². The first-order valence-corrected chi connectivity index (χ1v) is 10.2. The molecule has 9 heteroatoms. The Bertz CT molecular complexity index is 1000. The molecular formula is C20H17Cl3N4O2. The number of hydrogen-bond acceptors (Lipinski definition) is 4. The van der Waals surface area contributed by atoms with Gasteiger partial charge in [-0.25, -0.2) is 4.79 Å². The van der Waals surface area contributed by atoms with E-state index in [1.807, 2.05) is 12.1 Å². The average molecular weight is 452 g/mol. The van der Waals surface area contributed by atoms with E-state index in [0.717, 1.165) is 18.4 Å². The molecule has 1 fully saturated rings. The molecular weight excluding hydrogens is 435 g/mol. The van der Waals surface area contributed by atoms with E-state index < -0.39 is 0 Å². The van der Waals surface area contributed by atoms with Gasteiger partial charge in [-0.1, -0.05) is 46.0 Å². The van der Waals surface area contributed by atoms with Crippen molar-refractivity contribution >= 4 is 46.5 Å². The molecule has 1 N–H and O–H groups in total. The van der Waals surface area contributed by atoms with Gasteiger partial charge in [0, 0.05) is 23.7 Å². The highest BCUT2D eigenvalue weighted by Gasteiger charge is 2.29. The van der Waals surface area contributed by atoms with Gasteiger partial charge in [0.05, 0.1) is 21.7 Å². The summed E-state index contributed by atoms with van der Waals surface area (Å²) in [6.45, 7) is 1.10. The maximum Gasteiger partial charge on any atom is 0.321 e. The fourth-order valence-corrected chi connectivity index (χ4v) is 3.90. The van der Waals surface area contributed by atoms with E-state index in [4.69, 9.17) is 39.3 Å². The molecule has 0 saturated carbocycles. The number of piperidine rings is 1. The van der Waals surface area contributed by atoms with Crippen molar-refractivity contribution in [1.29, 1.82) is 0 Å². The van der Waals surface area contributed by atoms with Crippen molar-refractivity contribution in [1.82, 2.24) is 15.0 Å². The molecule has 150 valence electrons. The van der Waals surface area contributed by atoms with Crippen molar-refractivity contribution in [2.75, 3.05) is 18.4 Å². The third-order valence-corrected chi connectivity index (χ3v) is 5.68. The van der Waals surface area contributed by atoms with E-state index in [1.54, 1.807) is 35.2 Å². The number of anilines is 1. The van der Waals surface area contributed by atoms with Gasteiger partial charge in [-0.2, -0.15) is 4.98 Å². The molecule has 6 nitrogen and oxygen atoms in total. The minimum absolute atomic E-state index is 0.0373. The van der Waals surface area contributed by atoms with Crippen molar-refractivity contribution < 1.29 is 9.32 Å². The first-order valence-electron chi connectivity index (χ1n) is 9.11. The van der Waals surface area contributed by atoms with Gasteiger partial charge in [-0.05, 0) is 49.2 Å². The Hall–Kier alpha value is -2.28. The number of likely N-dealkylation sites (tertiary alicyclic amines) is 1. The number of nitrogens with one attached hydrogen (secondary N) is 1. The number of halogens is 3. The monoisotopic (exact) mass is 450 g/mol. The second-order valence-corrected chi connectivity index (χ2v) is 8.03. The molecule has 1 aliphatic heterocycles. The lowest BCUT2D eigenvalue weighted by atomic mass is 9.98. The number of benzene rings is 2. The molecule has 0 bridgehead atoms. The zero-order chi connectivity index (χ0) is 20.4. The van der Waals surface area contributed by atoms with Crippen LogP contribution in [0.25, 0.3) is 11.4 Å². The van der Waals surface area contributed by atoms with Crippen LogP contribution in [0.2, 0.25) is 15.1 Å². The molecule has 0 aliphatic carbocycles. The summed E-state index contributed by atoms with van der Waals surface area (Å²) < 4.78 is 5.48. The maximum atomic E-state index is 12.7. The molecule has 1 aliphatic rings. The van der Waals surface area contributed by atoms with Crippen LogP contribution >= 0.6 is 34.8 Å². The second-order valence-electron chi connectivity index (χ2n) is 6.78. The van der Waals surface area contributed by atoms with Crippen LogP contribution in [0.3, 0.4) is 0 Å². The third kappa shape index (κ3) is 4.50. The Labute approximate surface area is 182 Å². The minimum atomic E-state index is -0.262. The number of rotatable bonds is 3. The zero-order valence-electron chi connectivity index (χ0n) is 15.2. The minimum Gasteiger partial charge on any atom is -0.339 e. The van der Waals surface area contributed by atoms with Crippen molar-refractivity contribution in [2.24, 2.45) is 0 Å². The van der Waals surface area contributed by atoms with Gasteiger partial charge in [-0.15, -0.1) is 0 Å². The Morgan fingerprint density at radius 1 is 1.10 bits per heavy atom. The van der Waals surface area contributed by atoms with E-state index >= 15 is 0 Å². The molecule has 29 heavy (non-hydrogen) atoms. The molecule has 2 amide bonds. The molecule has 3 aromatic rings. The lowest BCUT2D eigenvalue weighted by Gasteiger charge is -2.31. The molecule has 2 heterocycles. The smallest absolute Gasteiger partial charge is 0.321 e. The van der Waals surface area contributed by atoms with E-state index in [9.17, 15) is 4.79 Å². The number of amides is 2. The summed E-state index contributed by atoms with van der Waals surface area (Å²) in [7, 11) is 0. The summed E-state index contributed by atoms with van der Waals surface area (Å²) in [5, 5.41) is 8.30. The number of aromatic nitrogens is 2. The summed E-state index contributed by atoms with van der Waals surface area (Å²) in [5.74, 6) is 0.981. The van der Waals surface area contributed by atoms with Crippen LogP contribution in [-0.2, 0) is 0 Å². The predicted molar refractivity (Wildman–Crippen MR) is 114 cm³/mol. The van der Waals surface area contributed by atoms with Crippen LogP contribution in [0.15, 0.2) is 47.0 Å². The molecule has 1 aromatic heterocycles. The topological polar surface area (TPSA) is 71.3 Å². The Kier molecular flexibility index (Phi) is 5.94. The number of carbonyl (C=O) groups excluding carboxylic acids is 1. The number of carbonyl (C=O) groups is 1. The lowest BCUT2D eigenvalue weighted by molar-refractivity contribution is 0.184. The lowest BCUT2D eigenvalue weighted by Crippen LogP contribution is -2.41. The average Bonchev–Trinajstić information content (AvgIpc) is 3.22. The summed E-state index contributed by atoms with van der Waals surface area (Å²) in [5.41, 5.74) is 1.23. The molecule has 1 saturated heterocycles. The van der Waals surface area contributed by atoms with Gasteiger partial charge < -0.3 is 14.7 Å². The van der Waals surface area contributed by atoms with Crippen molar-refractivity contribution in [3.05, 3.63) is 63.4 Å². The van der Waals surface area contributed by atoms with Gasteiger partial charge in [0.2, 0.25) is 11.7 Å². The van der Waals surface area contributed by atoms with Crippen LogP contribution in [0.5, 0.6) is 0 Å². The summed E-state index contributed by atoms with van der Waals surface area (Å²) in [6.07, 6.45) is 1.69. The van der Waals surface area contributed by atoms with Gasteiger partial charge in [0.1, 0.15) is 0 Å². The van der Waals surface area contributed by atoms with Crippen LogP contribution in [0, 0.1) is 0 Å². The Morgan fingerprint density at radius 2 is 1.83 bits per heavy atom. The number of nitrogens with zero attached hydrogens (tertiary/aromatic N) is 3. The normalized spacial score (nSPS) is 16.7. The Balaban J connectivity index is 1.46. The predicted octanol–water partition coefficient (Wildman–Crippen LogP) is 6.11. The first-order chi connectivity index (χ1) is 14.0. The van der Waals surface area contributed by atoms with Gasteiger partial charge in [0.25, 0.3) is 0 Å². The highest BCUT2D eigenvalue weighted by molar-refractivity contribution is 6.39.